The average Bonchev–Trinajstić information content (AvgIpc) is 2.82. The minimum Gasteiger partial charge on any atom is -0.284 e. The Balaban J connectivity index is 2.14. The summed E-state index contributed by atoms with van der Waals surface area (Å²) < 4.78 is 25.7. The largest absolute Gasteiger partial charge is 0.284 e. The minimum atomic E-state index is -3.22. The van der Waals surface area contributed by atoms with Gasteiger partial charge in [0, 0.05) is 11.9 Å². The van der Waals surface area contributed by atoms with Gasteiger partial charge in [0.1, 0.15) is 0 Å². The Morgan fingerprint density at radius 2 is 1.94 bits per heavy atom. The fraction of sp³-hybridized carbons (Fsp3) is 0.250. The first-order valence-electron chi connectivity index (χ1n) is 5.71. The summed E-state index contributed by atoms with van der Waals surface area (Å²) >= 11 is 0. The predicted molar refractivity (Wildman–Crippen MR) is 71.7 cm³/mol. The van der Waals surface area contributed by atoms with Crippen LogP contribution < -0.4 is 4.72 Å². The Bertz CT molecular complexity index is 589. The molecule has 96 valence electrons. The second-order valence-electron chi connectivity index (χ2n) is 3.97. The number of anilines is 1. The molecule has 18 heavy (non-hydrogen) atoms. The van der Waals surface area contributed by atoms with Crippen molar-refractivity contribution in [3.8, 4) is 11.3 Å². The molecule has 0 saturated heterocycles. The van der Waals surface area contributed by atoms with E-state index in [4.69, 9.17) is 0 Å². The molecule has 1 aromatic carbocycles. The topological polar surface area (TPSA) is 74.8 Å². The van der Waals surface area contributed by atoms with Crippen LogP contribution in [0.2, 0.25) is 0 Å². The van der Waals surface area contributed by atoms with Gasteiger partial charge in [0.2, 0.25) is 10.0 Å². The van der Waals surface area contributed by atoms with E-state index in [2.05, 4.69) is 14.9 Å². The zero-order valence-electron chi connectivity index (χ0n) is 10.1. The molecule has 0 saturated carbocycles. The summed E-state index contributed by atoms with van der Waals surface area (Å²) in [5.74, 6) is 0.134. The Kier molecular flexibility index (Phi) is 3.66. The van der Waals surface area contributed by atoms with Crippen molar-refractivity contribution in [2.24, 2.45) is 0 Å². The molecule has 0 atom stereocenters. The summed E-state index contributed by atoms with van der Waals surface area (Å²) in [6.07, 6.45) is 2.27. The lowest BCUT2D eigenvalue weighted by atomic mass is 10.1. The van der Waals surface area contributed by atoms with Gasteiger partial charge in [-0.15, -0.1) is 0 Å². The molecular weight excluding hydrogens is 250 g/mol. The maximum absolute atomic E-state index is 11.6. The SMILES string of the molecule is CCCS(=O)(=O)Nc1ccc(-c2ccn[nH]2)cc1. The van der Waals surface area contributed by atoms with E-state index >= 15 is 0 Å². The van der Waals surface area contributed by atoms with Crippen molar-refractivity contribution in [2.45, 2.75) is 13.3 Å². The molecule has 0 bridgehead atoms. The van der Waals surface area contributed by atoms with Gasteiger partial charge < -0.3 is 0 Å². The quantitative estimate of drug-likeness (QED) is 0.870. The van der Waals surface area contributed by atoms with Gasteiger partial charge >= 0.3 is 0 Å². The van der Waals surface area contributed by atoms with E-state index in [1.807, 2.05) is 25.1 Å². The van der Waals surface area contributed by atoms with Gasteiger partial charge in [-0.05, 0) is 30.2 Å². The molecule has 2 N–H and O–H groups in total. The van der Waals surface area contributed by atoms with Gasteiger partial charge in [-0.2, -0.15) is 5.10 Å². The number of rotatable bonds is 5. The van der Waals surface area contributed by atoms with Crippen molar-refractivity contribution in [2.75, 3.05) is 10.5 Å². The van der Waals surface area contributed by atoms with E-state index < -0.39 is 10.0 Å². The lowest BCUT2D eigenvalue weighted by molar-refractivity contribution is 0.600. The highest BCUT2D eigenvalue weighted by Crippen LogP contribution is 2.19. The Hall–Kier alpha value is -1.82. The standard InChI is InChI=1S/C12H15N3O2S/c1-2-9-18(16,17)15-11-5-3-10(4-6-11)12-7-8-13-14-12/h3-8,15H,2,9H2,1H3,(H,13,14). The van der Waals surface area contributed by atoms with Gasteiger partial charge in [0.25, 0.3) is 0 Å². The number of sulfonamides is 1. The van der Waals surface area contributed by atoms with Crippen molar-refractivity contribution in [3.63, 3.8) is 0 Å². The fourth-order valence-corrected chi connectivity index (χ4v) is 2.77. The third-order valence-electron chi connectivity index (χ3n) is 2.44. The summed E-state index contributed by atoms with van der Waals surface area (Å²) in [7, 11) is -3.22. The molecule has 6 heteroatoms. The zero-order chi connectivity index (χ0) is 13.0. The Morgan fingerprint density at radius 1 is 1.22 bits per heavy atom. The van der Waals surface area contributed by atoms with E-state index in [9.17, 15) is 8.42 Å². The van der Waals surface area contributed by atoms with E-state index in [0.717, 1.165) is 11.3 Å². The first-order valence-corrected chi connectivity index (χ1v) is 7.36. The van der Waals surface area contributed by atoms with E-state index in [-0.39, 0.29) is 5.75 Å². The van der Waals surface area contributed by atoms with Crippen molar-refractivity contribution >= 4 is 15.7 Å². The molecule has 1 aromatic heterocycles. The highest BCUT2D eigenvalue weighted by atomic mass is 32.2. The van der Waals surface area contributed by atoms with E-state index in [0.29, 0.717) is 12.1 Å². The molecule has 2 aromatic rings. The van der Waals surface area contributed by atoms with Gasteiger partial charge in [0.15, 0.2) is 0 Å². The number of benzene rings is 1. The van der Waals surface area contributed by atoms with Gasteiger partial charge in [0.05, 0.1) is 11.4 Å². The number of H-pyrrole nitrogens is 1. The molecule has 0 aliphatic heterocycles. The second kappa shape index (κ2) is 5.22. The van der Waals surface area contributed by atoms with E-state index in [1.54, 1.807) is 18.3 Å². The fourth-order valence-electron chi connectivity index (χ4n) is 1.63. The van der Waals surface area contributed by atoms with Crippen LogP contribution in [-0.4, -0.2) is 24.4 Å². The molecule has 0 spiro atoms. The van der Waals surface area contributed by atoms with Crippen LogP contribution in [-0.2, 0) is 10.0 Å². The van der Waals surface area contributed by atoms with Crippen molar-refractivity contribution in [1.29, 1.82) is 0 Å². The lowest BCUT2D eigenvalue weighted by Gasteiger charge is -2.07. The highest BCUT2D eigenvalue weighted by molar-refractivity contribution is 7.92. The van der Waals surface area contributed by atoms with Gasteiger partial charge in [-0.1, -0.05) is 19.1 Å². The first kappa shape index (κ1) is 12.6. The number of nitrogens with zero attached hydrogens (tertiary/aromatic N) is 1. The average molecular weight is 265 g/mol. The molecule has 5 nitrogen and oxygen atoms in total. The Labute approximate surface area is 106 Å². The summed E-state index contributed by atoms with van der Waals surface area (Å²) in [6, 6.07) is 9.03. The Morgan fingerprint density at radius 3 is 2.50 bits per heavy atom. The minimum absolute atomic E-state index is 0.134. The first-order chi connectivity index (χ1) is 8.61. The summed E-state index contributed by atoms with van der Waals surface area (Å²) in [6.45, 7) is 1.83. The maximum Gasteiger partial charge on any atom is 0.232 e. The number of hydrogen-bond donors (Lipinski definition) is 2. The van der Waals surface area contributed by atoms with Crippen LogP contribution in [0.4, 0.5) is 5.69 Å². The second-order valence-corrected chi connectivity index (χ2v) is 5.81. The predicted octanol–water partition coefficient (Wildman–Crippen LogP) is 2.23. The third-order valence-corrected chi connectivity index (χ3v) is 3.94. The van der Waals surface area contributed by atoms with Crippen LogP contribution in [0, 0.1) is 0 Å². The van der Waals surface area contributed by atoms with Crippen molar-refractivity contribution in [1.82, 2.24) is 10.2 Å². The van der Waals surface area contributed by atoms with Crippen molar-refractivity contribution < 1.29 is 8.42 Å². The normalized spacial score (nSPS) is 11.4. The van der Waals surface area contributed by atoms with Crippen LogP contribution in [0.5, 0.6) is 0 Å². The molecule has 0 radical (unpaired) electrons. The molecule has 1 heterocycles. The molecular formula is C12H15N3O2S. The maximum atomic E-state index is 11.6. The highest BCUT2D eigenvalue weighted by Gasteiger charge is 2.08. The van der Waals surface area contributed by atoms with Crippen LogP contribution in [0.3, 0.4) is 0 Å². The lowest BCUT2D eigenvalue weighted by Crippen LogP contribution is -2.15. The summed E-state index contributed by atoms with van der Waals surface area (Å²) in [5, 5.41) is 6.72. The summed E-state index contributed by atoms with van der Waals surface area (Å²) in [5.41, 5.74) is 2.44. The van der Waals surface area contributed by atoms with Crippen LogP contribution >= 0.6 is 0 Å². The summed E-state index contributed by atoms with van der Waals surface area (Å²) in [4.78, 5) is 0. The monoisotopic (exact) mass is 265 g/mol. The van der Waals surface area contributed by atoms with Crippen LogP contribution in [0.1, 0.15) is 13.3 Å². The number of aromatic nitrogens is 2. The smallest absolute Gasteiger partial charge is 0.232 e. The van der Waals surface area contributed by atoms with Gasteiger partial charge in [-0.3, -0.25) is 9.82 Å². The number of hydrogen-bond acceptors (Lipinski definition) is 3. The van der Waals surface area contributed by atoms with Crippen molar-refractivity contribution in [3.05, 3.63) is 36.5 Å². The molecule has 0 aliphatic carbocycles. The van der Waals surface area contributed by atoms with E-state index in [1.165, 1.54) is 0 Å². The number of nitrogens with one attached hydrogen (secondary N) is 2. The number of aromatic amines is 1. The van der Waals surface area contributed by atoms with Crippen LogP contribution in [0.15, 0.2) is 36.5 Å². The molecule has 0 aliphatic rings. The molecule has 0 unspecified atom stereocenters. The third kappa shape index (κ3) is 3.10. The van der Waals surface area contributed by atoms with Gasteiger partial charge in [-0.25, -0.2) is 8.42 Å². The zero-order valence-corrected chi connectivity index (χ0v) is 10.9. The van der Waals surface area contributed by atoms with Crippen LogP contribution in [0.25, 0.3) is 11.3 Å². The molecule has 0 fully saturated rings. The molecule has 0 amide bonds. The molecule has 2 rings (SSSR count).